The van der Waals surface area contributed by atoms with Crippen LogP contribution in [-0.4, -0.2) is 69.0 Å². The van der Waals surface area contributed by atoms with Crippen molar-refractivity contribution >= 4 is 51.6 Å². The molecule has 1 N–H and O–H groups in total. The van der Waals surface area contributed by atoms with Gasteiger partial charge in [0.05, 0.1) is 29.2 Å². The number of likely N-dealkylation sites (tertiary alicyclic amines) is 1. The van der Waals surface area contributed by atoms with Crippen molar-refractivity contribution in [1.82, 2.24) is 4.90 Å². The van der Waals surface area contributed by atoms with E-state index in [4.69, 9.17) is 0 Å². The predicted octanol–water partition coefficient (Wildman–Crippen LogP) is 6.66. The lowest BCUT2D eigenvalue weighted by atomic mass is 9.66. The van der Waals surface area contributed by atoms with Gasteiger partial charge in [-0.2, -0.15) is 0 Å². The van der Waals surface area contributed by atoms with Crippen molar-refractivity contribution in [2.45, 2.75) is 47.8 Å². The Morgan fingerprint density at radius 2 is 1.48 bits per heavy atom. The maximum atomic E-state index is 15.3. The van der Waals surface area contributed by atoms with Crippen LogP contribution in [0.3, 0.4) is 0 Å². The molecular formula is C42H43N3O4S. The molecule has 4 aromatic carbocycles. The van der Waals surface area contributed by atoms with E-state index in [1.165, 1.54) is 0 Å². The van der Waals surface area contributed by atoms with Gasteiger partial charge in [-0.1, -0.05) is 91.0 Å². The third-order valence-electron chi connectivity index (χ3n) is 10.9. The minimum atomic E-state index is -0.901. The number of hydrogen-bond donors (Lipinski definition) is 1. The van der Waals surface area contributed by atoms with Crippen LogP contribution in [-0.2, 0) is 20.8 Å². The molecule has 7 nitrogen and oxygen atoms in total. The molecule has 3 fully saturated rings. The number of carbonyl (C=O) groups is 3. The van der Waals surface area contributed by atoms with Crippen LogP contribution in [0.4, 0.5) is 11.4 Å². The summed E-state index contributed by atoms with van der Waals surface area (Å²) in [6.45, 7) is 10.2. The molecule has 0 radical (unpaired) electrons. The quantitative estimate of drug-likeness (QED) is 0.169. The van der Waals surface area contributed by atoms with E-state index in [2.05, 4.69) is 20.1 Å². The van der Waals surface area contributed by atoms with Crippen LogP contribution < -0.4 is 9.80 Å². The fourth-order valence-electron chi connectivity index (χ4n) is 8.72. The first-order valence-corrected chi connectivity index (χ1v) is 18.1. The van der Waals surface area contributed by atoms with Gasteiger partial charge in [0.1, 0.15) is 6.04 Å². The Hall–Kier alpha value is -4.66. The molecule has 50 heavy (non-hydrogen) atoms. The van der Waals surface area contributed by atoms with E-state index in [1.807, 2.05) is 103 Å². The van der Waals surface area contributed by atoms with Gasteiger partial charge >= 0.3 is 0 Å². The van der Waals surface area contributed by atoms with Crippen molar-refractivity contribution in [2.75, 3.05) is 29.5 Å². The van der Waals surface area contributed by atoms with E-state index in [0.717, 1.165) is 22.0 Å². The van der Waals surface area contributed by atoms with Crippen molar-refractivity contribution < 1.29 is 19.5 Å². The predicted molar refractivity (Wildman–Crippen MR) is 202 cm³/mol. The summed E-state index contributed by atoms with van der Waals surface area (Å²) in [4.78, 5) is 50.5. The molecule has 4 aromatic rings. The smallest absolute Gasteiger partial charge is 0.251 e. The lowest BCUT2D eigenvalue weighted by Crippen LogP contribution is -2.58. The number of benzene rings is 4. The Kier molecular flexibility index (Phi) is 9.18. The molecule has 3 amide bonds. The van der Waals surface area contributed by atoms with Crippen molar-refractivity contribution in [3.63, 3.8) is 0 Å². The lowest BCUT2D eigenvalue weighted by Gasteiger charge is -2.39. The molecule has 3 heterocycles. The third kappa shape index (κ3) is 5.55. The largest absolute Gasteiger partial charge is 0.394 e. The molecule has 7 rings (SSSR count). The summed E-state index contributed by atoms with van der Waals surface area (Å²) in [6.07, 6.45) is 5.08. The summed E-state index contributed by atoms with van der Waals surface area (Å²) in [6, 6.07) is 31.6. The number of rotatable bonds is 12. The van der Waals surface area contributed by atoms with Crippen molar-refractivity contribution in [3.05, 3.63) is 134 Å². The Morgan fingerprint density at radius 1 is 0.860 bits per heavy atom. The van der Waals surface area contributed by atoms with Crippen LogP contribution >= 0.6 is 11.8 Å². The van der Waals surface area contributed by atoms with E-state index in [-0.39, 0.29) is 30.9 Å². The molecule has 2 unspecified atom stereocenters. The molecule has 3 saturated heterocycles. The second kappa shape index (κ2) is 13.6. The van der Waals surface area contributed by atoms with E-state index < -0.39 is 33.4 Å². The van der Waals surface area contributed by atoms with E-state index in [9.17, 15) is 9.90 Å². The first-order chi connectivity index (χ1) is 24.3. The highest BCUT2D eigenvalue weighted by molar-refractivity contribution is 8.02. The molecule has 1 spiro atoms. The van der Waals surface area contributed by atoms with Crippen LogP contribution in [0.2, 0.25) is 0 Å². The summed E-state index contributed by atoms with van der Waals surface area (Å²) in [7, 11) is 0. The van der Waals surface area contributed by atoms with Gasteiger partial charge in [0.25, 0.3) is 5.91 Å². The number of hydrogen-bond acceptors (Lipinski definition) is 5. The minimum absolute atomic E-state index is 0.139. The first-order valence-electron chi connectivity index (χ1n) is 17.3. The zero-order chi connectivity index (χ0) is 35.0. The molecule has 3 aliphatic rings. The molecule has 6 atom stereocenters. The van der Waals surface area contributed by atoms with Gasteiger partial charge in [-0.25, -0.2) is 0 Å². The van der Waals surface area contributed by atoms with Crippen molar-refractivity contribution in [3.8, 4) is 0 Å². The van der Waals surface area contributed by atoms with Crippen LogP contribution in [0.15, 0.2) is 128 Å². The average molecular weight is 686 g/mol. The van der Waals surface area contributed by atoms with Crippen molar-refractivity contribution in [2.24, 2.45) is 11.8 Å². The molecule has 0 aromatic heterocycles. The van der Waals surface area contributed by atoms with E-state index in [1.54, 1.807) is 38.6 Å². The molecule has 2 bridgehead atoms. The molecule has 0 aliphatic carbocycles. The van der Waals surface area contributed by atoms with Crippen LogP contribution in [0, 0.1) is 11.8 Å². The van der Waals surface area contributed by atoms with Gasteiger partial charge in [-0.3, -0.25) is 14.4 Å². The number of para-hydroxylation sites is 1. The Morgan fingerprint density at radius 3 is 2.14 bits per heavy atom. The summed E-state index contributed by atoms with van der Waals surface area (Å²) >= 11 is 1.64. The Bertz CT molecular complexity index is 1940. The average Bonchev–Trinajstić information content (AvgIpc) is 3.72. The maximum absolute atomic E-state index is 15.3. The van der Waals surface area contributed by atoms with Gasteiger partial charge in [0.15, 0.2) is 0 Å². The Labute approximate surface area is 298 Å². The molecular weight excluding hydrogens is 643 g/mol. The summed E-state index contributed by atoms with van der Waals surface area (Å²) in [5.41, 5.74) is 2.40. The maximum Gasteiger partial charge on any atom is 0.251 e. The monoisotopic (exact) mass is 685 g/mol. The number of thioether (sulfide) groups is 1. The standard InChI is InChI=1S/C42H43N3O4S/c1-4-24-43(32-18-10-7-11-19-32)38(47)35-36-39(48)45(34(28-46)26-29-14-8-6-9-15-29)37(42(36)23-22-41(35,3)50-42)40(49)44(25-5-2)33-21-20-30-16-12-13-17-31(30)27-33/h4-21,27,34-37,46H,1-2,22-26,28H2,3H3/t34-,35+,36+,37?,41-,42?/m1/s1. The fourth-order valence-corrected chi connectivity index (χ4v) is 11.1. The topological polar surface area (TPSA) is 81.2 Å². The SMILES string of the molecule is C=CCN(C(=O)C1N([C@@H](CO)Cc2ccccc2)C(=O)[C@@H]2[C@@H](C(=O)N(CC=C)c3ccccc3)[C@@]3(C)CCC12S3)c1ccc2ccccc2c1. The number of aliphatic hydroxyl groups excluding tert-OH is 1. The molecule has 256 valence electrons. The highest BCUT2D eigenvalue weighted by Gasteiger charge is 2.78. The van der Waals surface area contributed by atoms with Crippen molar-refractivity contribution in [1.29, 1.82) is 0 Å². The summed E-state index contributed by atoms with van der Waals surface area (Å²) < 4.78 is -1.42. The highest BCUT2D eigenvalue weighted by atomic mass is 32.2. The van der Waals surface area contributed by atoms with Crippen LogP contribution in [0.1, 0.15) is 25.3 Å². The number of aliphatic hydroxyl groups is 1. The summed E-state index contributed by atoms with van der Waals surface area (Å²) in [5.74, 6) is -2.01. The second-order valence-electron chi connectivity index (χ2n) is 13.8. The fraction of sp³-hybridized carbons (Fsp3) is 0.310. The highest BCUT2D eigenvalue weighted by Crippen LogP contribution is 2.72. The normalized spacial score (nSPS) is 25.7. The molecule has 3 aliphatic heterocycles. The van der Waals surface area contributed by atoms with Gasteiger partial charge in [0.2, 0.25) is 11.8 Å². The van der Waals surface area contributed by atoms with E-state index >= 15 is 9.59 Å². The van der Waals surface area contributed by atoms with Gasteiger partial charge in [0, 0.05) is 29.2 Å². The molecule has 0 saturated carbocycles. The summed E-state index contributed by atoms with van der Waals surface area (Å²) in [5, 5.41) is 13.0. The van der Waals surface area contributed by atoms with Crippen LogP contribution in [0.25, 0.3) is 10.8 Å². The van der Waals surface area contributed by atoms with E-state index in [0.29, 0.717) is 31.5 Å². The number of anilines is 2. The number of amides is 3. The zero-order valence-electron chi connectivity index (χ0n) is 28.4. The molecule has 8 heteroatoms. The number of fused-ring (bicyclic) bond motifs is 2. The van der Waals surface area contributed by atoms with Gasteiger partial charge in [-0.15, -0.1) is 24.9 Å². The Balaban J connectivity index is 1.35. The minimum Gasteiger partial charge on any atom is -0.394 e. The second-order valence-corrected chi connectivity index (χ2v) is 15.7. The number of nitrogens with zero attached hydrogens (tertiary/aromatic N) is 3. The van der Waals surface area contributed by atoms with Gasteiger partial charge in [-0.05, 0) is 66.8 Å². The third-order valence-corrected chi connectivity index (χ3v) is 12.9. The zero-order valence-corrected chi connectivity index (χ0v) is 29.2. The van der Waals surface area contributed by atoms with Crippen LogP contribution in [0.5, 0.6) is 0 Å². The first kappa shape index (κ1) is 33.8. The lowest BCUT2D eigenvalue weighted by molar-refractivity contribution is -0.142. The van der Waals surface area contributed by atoms with Gasteiger partial charge < -0.3 is 19.8 Å². The number of carbonyl (C=O) groups excluding carboxylic acids is 3.